The minimum absolute atomic E-state index is 0.108. The molecule has 0 heterocycles. The average molecular weight is 386 g/mol. The van der Waals surface area contributed by atoms with Crippen LogP contribution in [0.15, 0.2) is 30.3 Å². The lowest BCUT2D eigenvalue weighted by Gasteiger charge is -2.15. The van der Waals surface area contributed by atoms with E-state index in [0.29, 0.717) is 21.2 Å². The van der Waals surface area contributed by atoms with E-state index in [1.807, 2.05) is 0 Å². The summed E-state index contributed by atoms with van der Waals surface area (Å²) in [6.45, 7) is 0. The summed E-state index contributed by atoms with van der Waals surface area (Å²) in [5.41, 5.74) is 1.01. The van der Waals surface area contributed by atoms with E-state index >= 15 is 0 Å². The van der Waals surface area contributed by atoms with Gasteiger partial charge in [0.1, 0.15) is 0 Å². The third kappa shape index (κ3) is 3.05. The monoisotopic (exact) mass is 384 g/mol. The molecule has 0 aliphatic rings. The quantitative estimate of drug-likeness (QED) is 0.413. The Morgan fingerprint density at radius 3 is 2.21 bits per heavy atom. The first-order valence-electron chi connectivity index (χ1n) is 5.14. The third-order valence-corrected chi connectivity index (χ3v) is 4.71. The molecule has 2 aromatic rings. The Bertz CT molecular complexity index is 632. The van der Waals surface area contributed by atoms with Crippen molar-refractivity contribution in [1.29, 1.82) is 0 Å². The van der Waals surface area contributed by atoms with Crippen molar-refractivity contribution in [2.24, 2.45) is 0 Å². The lowest BCUT2D eigenvalue weighted by molar-refractivity contribution is 0.507. The van der Waals surface area contributed by atoms with Crippen molar-refractivity contribution in [3.05, 3.63) is 68.2 Å². The van der Waals surface area contributed by atoms with Crippen molar-refractivity contribution in [3.8, 4) is 0 Å². The molecule has 2 rings (SSSR count). The molecule has 19 heavy (non-hydrogen) atoms. The standard InChI is InChI=1S/C13H6BrCl3F2/c14-12(6-2-1-3-8(15)13(6)17)7-4-10(18)11(19)5-9(7)16/h1-5,12H. The molecular weight excluding hydrogens is 380 g/mol. The van der Waals surface area contributed by atoms with Gasteiger partial charge in [0, 0.05) is 5.02 Å². The van der Waals surface area contributed by atoms with Gasteiger partial charge in [-0.15, -0.1) is 0 Å². The maximum atomic E-state index is 13.3. The van der Waals surface area contributed by atoms with Crippen LogP contribution in [0, 0.1) is 11.6 Å². The Labute approximate surface area is 132 Å². The molecule has 100 valence electrons. The molecular formula is C13H6BrCl3F2. The normalized spacial score (nSPS) is 12.5. The highest BCUT2D eigenvalue weighted by atomic mass is 79.9. The van der Waals surface area contributed by atoms with Gasteiger partial charge in [-0.05, 0) is 29.3 Å². The fraction of sp³-hybridized carbons (Fsp3) is 0.0769. The summed E-state index contributed by atoms with van der Waals surface area (Å²) < 4.78 is 26.3. The zero-order valence-electron chi connectivity index (χ0n) is 9.23. The van der Waals surface area contributed by atoms with Crippen molar-refractivity contribution in [1.82, 2.24) is 0 Å². The zero-order chi connectivity index (χ0) is 14.2. The number of alkyl halides is 1. The van der Waals surface area contributed by atoms with Gasteiger partial charge in [-0.1, -0.05) is 62.9 Å². The first kappa shape index (κ1) is 15.0. The third-order valence-electron chi connectivity index (χ3n) is 2.57. The molecule has 0 nitrogen and oxygen atoms in total. The lowest BCUT2D eigenvalue weighted by atomic mass is 10.0. The minimum Gasteiger partial charge on any atom is -0.204 e. The smallest absolute Gasteiger partial charge is 0.160 e. The van der Waals surface area contributed by atoms with E-state index in [9.17, 15) is 8.78 Å². The van der Waals surface area contributed by atoms with Crippen LogP contribution in [-0.4, -0.2) is 0 Å². The molecule has 0 bridgehead atoms. The zero-order valence-corrected chi connectivity index (χ0v) is 13.1. The molecule has 0 radical (unpaired) electrons. The summed E-state index contributed by atoms with van der Waals surface area (Å²) in [5, 5.41) is 0.825. The highest BCUT2D eigenvalue weighted by molar-refractivity contribution is 9.09. The topological polar surface area (TPSA) is 0 Å². The Kier molecular flexibility index (Phi) is 4.72. The van der Waals surface area contributed by atoms with E-state index in [-0.39, 0.29) is 5.02 Å². The van der Waals surface area contributed by atoms with Gasteiger partial charge in [0.15, 0.2) is 11.6 Å². The van der Waals surface area contributed by atoms with Gasteiger partial charge in [-0.3, -0.25) is 0 Å². The van der Waals surface area contributed by atoms with Crippen LogP contribution in [0.3, 0.4) is 0 Å². The summed E-state index contributed by atoms with van der Waals surface area (Å²) in [6.07, 6.45) is 0. The molecule has 0 fully saturated rings. The van der Waals surface area contributed by atoms with E-state index < -0.39 is 16.5 Å². The van der Waals surface area contributed by atoms with Crippen LogP contribution in [0.5, 0.6) is 0 Å². The Morgan fingerprint density at radius 2 is 1.53 bits per heavy atom. The van der Waals surface area contributed by atoms with Gasteiger partial charge in [0.25, 0.3) is 0 Å². The highest BCUT2D eigenvalue weighted by Crippen LogP contribution is 2.41. The second kappa shape index (κ2) is 5.96. The molecule has 0 aromatic heterocycles. The largest absolute Gasteiger partial charge is 0.204 e. The van der Waals surface area contributed by atoms with Gasteiger partial charge in [-0.2, -0.15) is 0 Å². The van der Waals surface area contributed by atoms with E-state index in [4.69, 9.17) is 34.8 Å². The van der Waals surface area contributed by atoms with Crippen molar-refractivity contribution < 1.29 is 8.78 Å². The number of halogens is 6. The summed E-state index contributed by atoms with van der Waals surface area (Å²) in [6, 6.07) is 7.05. The van der Waals surface area contributed by atoms with Crippen molar-refractivity contribution in [2.45, 2.75) is 4.83 Å². The lowest BCUT2D eigenvalue weighted by Crippen LogP contribution is -1.98. The Balaban J connectivity index is 2.53. The van der Waals surface area contributed by atoms with E-state index in [0.717, 1.165) is 12.1 Å². The summed E-state index contributed by atoms with van der Waals surface area (Å²) in [4.78, 5) is -0.485. The summed E-state index contributed by atoms with van der Waals surface area (Å²) in [7, 11) is 0. The molecule has 0 N–H and O–H groups in total. The van der Waals surface area contributed by atoms with Crippen LogP contribution in [0.25, 0.3) is 0 Å². The molecule has 0 aliphatic carbocycles. The molecule has 0 saturated carbocycles. The second-order valence-corrected chi connectivity index (χ2v) is 5.90. The minimum atomic E-state index is -0.995. The van der Waals surface area contributed by atoms with Gasteiger partial charge < -0.3 is 0 Å². The van der Waals surface area contributed by atoms with Crippen LogP contribution in [-0.2, 0) is 0 Å². The fourth-order valence-electron chi connectivity index (χ4n) is 1.62. The van der Waals surface area contributed by atoms with Crippen molar-refractivity contribution in [3.63, 3.8) is 0 Å². The van der Waals surface area contributed by atoms with Gasteiger partial charge in [0.2, 0.25) is 0 Å². The number of hydrogen-bond donors (Lipinski definition) is 0. The first-order chi connectivity index (χ1) is 8.91. The van der Waals surface area contributed by atoms with Crippen LogP contribution >= 0.6 is 50.7 Å². The summed E-state index contributed by atoms with van der Waals surface area (Å²) >= 11 is 21.3. The van der Waals surface area contributed by atoms with Gasteiger partial charge in [-0.25, -0.2) is 8.78 Å². The van der Waals surface area contributed by atoms with E-state index in [1.54, 1.807) is 18.2 Å². The second-order valence-electron chi connectivity index (χ2n) is 3.79. The fourth-order valence-corrected chi connectivity index (χ4v) is 3.32. The SMILES string of the molecule is Fc1cc(Cl)c(C(Br)c2cccc(Cl)c2Cl)cc1F. The van der Waals surface area contributed by atoms with Gasteiger partial charge >= 0.3 is 0 Å². The van der Waals surface area contributed by atoms with Crippen LogP contribution < -0.4 is 0 Å². The number of rotatable bonds is 2. The van der Waals surface area contributed by atoms with Gasteiger partial charge in [0.05, 0.1) is 14.9 Å². The Morgan fingerprint density at radius 1 is 0.895 bits per heavy atom. The predicted octanol–water partition coefficient (Wildman–Crippen LogP) is 6.41. The van der Waals surface area contributed by atoms with Crippen LogP contribution in [0.1, 0.15) is 16.0 Å². The molecule has 0 aliphatic heterocycles. The van der Waals surface area contributed by atoms with Crippen molar-refractivity contribution in [2.75, 3.05) is 0 Å². The maximum absolute atomic E-state index is 13.3. The van der Waals surface area contributed by atoms with E-state index in [2.05, 4.69) is 15.9 Å². The van der Waals surface area contributed by atoms with E-state index in [1.165, 1.54) is 0 Å². The highest BCUT2D eigenvalue weighted by Gasteiger charge is 2.20. The molecule has 0 spiro atoms. The first-order valence-corrected chi connectivity index (χ1v) is 7.19. The van der Waals surface area contributed by atoms with Crippen LogP contribution in [0.4, 0.5) is 8.78 Å². The predicted molar refractivity (Wildman–Crippen MR) is 78.6 cm³/mol. The number of benzene rings is 2. The molecule has 0 amide bonds. The molecule has 1 atom stereocenters. The molecule has 1 unspecified atom stereocenters. The maximum Gasteiger partial charge on any atom is 0.160 e. The molecule has 2 aromatic carbocycles. The average Bonchev–Trinajstić information content (AvgIpc) is 2.36. The number of hydrogen-bond acceptors (Lipinski definition) is 0. The van der Waals surface area contributed by atoms with Crippen LogP contribution in [0.2, 0.25) is 15.1 Å². The summed E-state index contributed by atoms with van der Waals surface area (Å²) in [5.74, 6) is -1.97. The molecule has 6 heteroatoms. The Hall–Kier alpha value is -0.350. The molecule has 0 saturated heterocycles. The van der Waals surface area contributed by atoms with Crippen molar-refractivity contribution >= 4 is 50.7 Å².